The molecule has 1 aliphatic rings. The van der Waals surface area contributed by atoms with Crippen LogP contribution in [0.2, 0.25) is 0 Å². The van der Waals surface area contributed by atoms with Crippen molar-refractivity contribution in [2.24, 2.45) is 0 Å². The largest absolute Gasteiger partial charge is 0.390 e. The number of thioether (sulfide) groups is 1. The maximum atomic E-state index is 11.7. The molecule has 4 heteroatoms. The molecule has 1 heterocycles. The van der Waals surface area contributed by atoms with E-state index in [4.69, 9.17) is 0 Å². The lowest BCUT2D eigenvalue weighted by Gasteiger charge is -2.15. The number of amides is 1. The van der Waals surface area contributed by atoms with E-state index in [1.807, 2.05) is 18.2 Å². The Labute approximate surface area is 92.9 Å². The molecule has 0 bridgehead atoms. The minimum Gasteiger partial charge on any atom is -0.390 e. The molecule has 1 saturated heterocycles. The highest BCUT2D eigenvalue weighted by Crippen LogP contribution is 2.18. The highest BCUT2D eigenvalue weighted by molar-refractivity contribution is 7.99. The van der Waals surface area contributed by atoms with Crippen LogP contribution in [0.4, 0.5) is 0 Å². The van der Waals surface area contributed by atoms with Crippen LogP contribution < -0.4 is 5.32 Å². The van der Waals surface area contributed by atoms with Crippen molar-refractivity contribution in [3.63, 3.8) is 0 Å². The zero-order valence-electron chi connectivity index (χ0n) is 8.22. The van der Waals surface area contributed by atoms with E-state index in [2.05, 4.69) is 5.32 Å². The quantitative estimate of drug-likeness (QED) is 0.783. The summed E-state index contributed by atoms with van der Waals surface area (Å²) in [4.78, 5) is 11.7. The molecular weight excluding hydrogens is 210 g/mol. The number of benzene rings is 1. The molecule has 15 heavy (non-hydrogen) atoms. The Morgan fingerprint density at radius 3 is 2.67 bits per heavy atom. The summed E-state index contributed by atoms with van der Waals surface area (Å²) in [7, 11) is 0. The minimum atomic E-state index is -0.414. The molecule has 80 valence electrons. The van der Waals surface area contributed by atoms with Gasteiger partial charge < -0.3 is 10.4 Å². The van der Waals surface area contributed by atoms with Crippen LogP contribution in [0.5, 0.6) is 0 Å². The normalized spacial score (nSPS) is 25.1. The van der Waals surface area contributed by atoms with Gasteiger partial charge in [0.1, 0.15) is 0 Å². The van der Waals surface area contributed by atoms with Crippen molar-refractivity contribution in [3.8, 4) is 0 Å². The predicted octanol–water partition coefficient (Wildman–Crippen LogP) is 0.893. The molecule has 2 rings (SSSR count). The molecule has 2 atom stereocenters. The second kappa shape index (κ2) is 4.68. The molecule has 0 aliphatic carbocycles. The Hall–Kier alpha value is -1.00. The van der Waals surface area contributed by atoms with E-state index in [0.29, 0.717) is 11.3 Å². The molecule has 0 aromatic heterocycles. The van der Waals surface area contributed by atoms with Crippen LogP contribution >= 0.6 is 11.8 Å². The maximum Gasteiger partial charge on any atom is 0.251 e. The van der Waals surface area contributed by atoms with Gasteiger partial charge >= 0.3 is 0 Å². The fourth-order valence-electron chi connectivity index (χ4n) is 1.52. The summed E-state index contributed by atoms with van der Waals surface area (Å²) in [5.41, 5.74) is 0.640. The zero-order valence-corrected chi connectivity index (χ0v) is 9.04. The molecular formula is C11H13NO2S. The van der Waals surface area contributed by atoms with E-state index in [9.17, 15) is 9.90 Å². The molecule has 1 aromatic rings. The first-order valence-electron chi connectivity index (χ1n) is 4.89. The minimum absolute atomic E-state index is 0.109. The molecule has 2 N–H and O–H groups in total. The Morgan fingerprint density at radius 2 is 2.07 bits per heavy atom. The topological polar surface area (TPSA) is 49.3 Å². The van der Waals surface area contributed by atoms with Crippen molar-refractivity contribution in [2.45, 2.75) is 12.1 Å². The molecule has 0 spiro atoms. The number of hydrogen-bond acceptors (Lipinski definition) is 3. The van der Waals surface area contributed by atoms with Crippen LogP contribution in [0, 0.1) is 0 Å². The van der Waals surface area contributed by atoms with Gasteiger partial charge in [-0.05, 0) is 12.1 Å². The third-order valence-electron chi connectivity index (χ3n) is 2.40. The Kier molecular flexibility index (Phi) is 3.28. The van der Waals surface area contributed by atoms with Crippen LogP contribution in [0.1, 0.15) is 10.4 Å². The third kappa shape index (κ3) is 2.52. The molecule has 0 unspecified atom stereocenters. The molecule has 1 fully saturated rings. The first kappa shape index (κ1) is 10.5. The highest BCUT2D eigenvalue weighted by atomic mass is 32.2. The van der Waals surface area contributed by atoms with E-state index in [-0.39, 0.29) is 11.9 Å². The zero-order chi connectivity index (χ0) is 10.7. The van der Waals surface area contributed by atoms with Crippen LogP contribution in [0.3, 0.4) is 0 Å². The predicted molar refractivity (Wildman–Crippen MR) is 61.0 cm³/mol. The van der Waals surface area contributed by atoms with Crippen molar-refractivity contribution in [3.05, 3.63) is 35.9 Å². The number of rotatable bonds is 2. The first-order chi connectivity index (χ1) is 7.27. The molecule has 0 saturated carbocycles. The van der Waals surface area contributed by atoms with Crippen LogP contribution in [0.25, 0.3) is 0 Å². The number of carbonyl (C=O) groups is 1. The maximum absolute atomic E-state index is 11.7. The average Bonchev–Trinajstić information content (AvgIpc) is 2.66. The van der Waals surface area contributed by atoms with Crippen molar-refractivity contribution in [1.29, 1.82) is 0 Å². The van der Waals surface area contributed by atoms with Gasteiger partial charge in [0.2, 0.25) is 0 Å². The van der Waals surface area contributed by atoms with Gasteiger partial charge in [-0.15, -0.1) is 0 Å². The van der Waals surface area contributed by atoms with E-state index in [0.717, 1.165) is 5.75 Å². The standard InChI is InChI=1S/C11H13NO2S/c13-10-7-15-6-9(10)12-11(14)8-4-2-1-3-5-8/h1-5,9-10,13H,6-7H2,(H,12,14)/t9-,10+/m0/s1. The Bertz CT molecular complexity index is 342. The molecule has 1 aromatic carbocycles. The van der Waals surface area contributed by atoms with Crippen molar-refractivity contribution in [1.82, 2.24) is 5.32 Å². The smallest absolute Gasteiger partial charge is 0.251 e. The lowest BCUT2D eigenvalue weighted by molar-refractivity contribution is 0.0889. The molecule has 0 radical (unpaired) electrons. The number of carbonyl (C=O) groups excluding carboxylic acids is 1. The van der Waals surface area contributed by atoms with Gasteiger partial charge in [0.25, 0.3) is 5.91 Å². The molecule has 3 nitrogen and oxygen atoms in total. The van der Waals surface area contributed by atoms with Gasteiger partial charge in [-0.2, -0.15) is 11.8 Å². The fourth-order valence-corrected chi connectivity index (χ4v) is 2.69. The summed E-state index contributed by atoms with van der Waals surface area (Å²) in [6, 6.07) is 8.96. The van der Waals surface area contributed by atoms with Gasteiger partial charge in [-0.25, -0.2) is 0 Å². The highest BCUT2D eigenvalue weighted by Gasteiger charge is 2.27. The Morgan fingerprint density at radius 1 is 1.33 bits per heavy atom. The summed E-state index contributed by atoms with van der Waals surface area (Å²) < 4.78 is 0. The van der Waals surface area contributed by atoms with Crippen LogP contribution in [0.15, 0.2) is 30.3 Å². The van der Waals surface area contributed by atoms with E-state index in [1.165, 1.54) is 0 Å². The van der Waals surface area contributed by atoms with Crippen molar-refractivity contribution in [2.75, 3.05) is 11.5 Å². The van der Waals surface area contributed by atoms with Crippen molar-refractivity contribution >= 4 is 17.7 Å². The van der Waals surface area contributed by atoms with Gasteiger partial charge in [-0.1, -0.05) is 18.2 Å². The SMILES string of the molecule is O=C(N[C@H]1CSC[C@H]1O)c1ccccc1. The van der Waals surface area contributed by atoms with E-state index >= 15 is 0 Å². The molecule has 1 aliphatic heterocycles. The summed E-state index contributed by atoms with van der Waals surface area (Å²) >= 11 is 1.66. The van der Waals surface area contributed by atoms with E-state index < -0.39 is 6.10 Å². The second-order valence-electron chi connectivity index (χ2n) is 3.55. The number of nitrogens with one attached hydrogen (secondary N) is 1. The monoisotopic (exact) mass is 223 g/mol. The molecule has 1 amide bonds. The van der Waals surface area contributed by atoms with Gasteiger partial charge in [0, 0.05) is 17.1 Å². The summed E-state index contributed by atoms with van der Waals surface area (Å²) in [6.07, 6.45) is -0.414. The number of aliphatic hydroxyl groups excluding tert-OH is 1. The van der Waals surface area contributed by atoms with Crippen LogP contribution in [-0.4, -0.2) is 34.7 Å². The number of aliphatic hydroxyl groups is 1. The fraction of sp³-hybridized carbons (Fsp3) is 0.364. The van der Waals surface area contributed by atoms with Crippen molar-refractivity contribution < 1.29 is 9.90 Å². The lowest BCUT2D eigenvalue weighted by atomic mass is 10.1. The van der Waals surface area contributed by atoms with Crippen LogP contribution in [-0.2, 0) is 0 Å². The first-order valence-corrected chi connectivity index (χ1v) is 6.04. The van der Waals surface area contributed by atoms with Gasteiger partial charge in [0.05, 0.1) is 12.1 Å². The summed E-state index contributed by atoms with van der Waals surface area (Å²) in [5, 5.41) is 12.4. The van der Waals surface area contributed by atoms with Gasteiger partial charge in [-0.3, -0.25) is 4.79 Å². The second-order valence-corrected chi connectivity index (χ2v) is 4.63. The Balaban J connectivity index is 1.98. The number of hydrogen-bond donors (Lipinski definition) is 2. The third-order valence-corrected chi connectivity index (χ3v) is 3.57. The van der Waals surface area contributed by atoms with Gasteiger partial charge in [0.15, 0.2) is 0 Å². The van der Waals surface area contributed by atoms with E-state index in [1.54, 1.807) is 23.9 Å². The summed E-state index contributed by atoms with van der Waals surface area (Å²) in [6.45, 7) is 0. The lowest BCUT2D eigenvalue weighted by Crippen LogP contribution is -2.42. The summed E-state index contributed by atoms with van der Waals surface area (Å²) in [5.74, 6) is 1.39. The average molecular weight is 223 g/mol.